The molecule has 0 aliphatic carbocycles. The molecular weight excluding hydrogens is 350 g/mol. The molecule has 0 atom stereocenters. The first-order chi connectivity index (χ1) is 11.3. The van der Waals surface area contributed by atoms with Crippen LogP contribution in [0.5, 0.6) is 0 Å². The van der Waals surface area contributed by atoms with Gasteiger partial charge < -0.3 is 4.90 Å². The van der Waals surface area contributed by atoms with Gasteiger partial charge in [-0.3, -0.25) is 0 Å². The van der Waals surface area contributed by atoms with Gasteiger partial charge in [-0.1, -0.05) is 17.7 Å². The standard InChI is InChI=1S/C14H10ClF4N5/c1-23(7-8-2-3-9(15)10(16)6-8)12-5-4-11-20-21-13(14(17,18)19)24(11)22-12/h2-6H,7H2,1H3. The second-order valence-corrected chi connectivity index (χ2v) is 5.49. The number of hydrogen-bond acceptors (Lipinski definition) is 4. The Kier molecular flexibility index (Phi) is 4.04. The molecule has 0 aliphatic heterocycles. The Bertz CT molecular complexity index is 892. The second kappa shape index (κ2) is 5.90. The molecule has 0 spiro atoms. The summed E-state index contributed by atoms with van der Waals surface area (Å²) in [7, 11) is 1.62. The van der Waals surface area contributed by atoms with Crippen molar-refractivity contribution in [2.45, 2.75) is 12.7 Å². The maximum Gasteiger partial charge on any atom is 0.453 e. The number of anilines is 1. The van der Waals surface area contributed by atoms with Crippen LogP contribution in [0.4, 0.5) is 23.4 Å². The molecule has 2 heterocycles. The van der Waals surface area contributed by atoms with Crippen LogP contribution in [0.25, 0.3) is 5.65 Å². The minimum absolute atomic E-state index is 0.000238. The first kappa shape index (κ1) is 16.4. The predicted molar refractivity (Wildman–Crippen MR) is 79.3 cm³/mol. The summed E-state index contributed by atoms with van der Waals surface area (Å²) in [5.74, 6) is -1.52. The summed E-state index contributed by atoms with van der Waals surface area (Å²) in [6.45, 7) is 0.232. The van der Waals surface area contributed by atoms with Gasteiger partial charge >= 0.3 is 6.18 Å². The summed E-state index contributed by atoms with van der Waals surface area (Å²) in [5, 5.41) is 10.5. The number of hydrogen-bond donors (Lipinski definition) is 0. The van der Waals surface area contributed by atoms with Crippen LogP contribution in [0.3, 0.4) is 0 Å². The molecule has 126 valence electrons. The minimum Gasteiger partial charge on any atom is -0.354 e. The highest BCUT2D eigenvalue weighted by Gasteiger charge is 2.37. The Labute approximate surface area is 138 Å². The van der Waals surface area contributed by atoms with E-state index in [2.05, 4.69) is 15.3 Å². The van der Waals surface area contributed by atoms with Gasteiger partial charge in [-0.25, -0.2) is 4.39 Å². The van der Waals surface area contributed by atoms with E-state index < -0.39 is 17.8 Å². The molecule has 10 heteroatoms. The maximum atomic E-state index is 13.5. The van der Waals surface area contributed by atoms with Crippen molar-refractivity contribution in [3.05, 3.63) is 52.6 Å². The van der Waals surface area contributed by atoms with Crippen LogP contribution in [0.2, 0.25) is 5.02 Å². The normalized spacial score (nSPS) is 11.9. The molecule has 0 aliphatic rings. The number of halogens is 5. The average Bonchev–Trinajstić information content (AvgIpc) is 2.94. The van der Waals surface area contributed by atoms with E-state index in [4.69, 9.17) is 11.6 Å². The third kappa shape index (κ3) is 3.12. The zero-order chi connectivity index (χ0) is 17.5. The van der Waals surface area contributed by atoms with E-state index in [1.165, 1.54) is 24.3 Å². The molecule has 0 radical (unpaired) electrons. The van der Waals surface area contributed by atoms with Crippen LogP contribution in [-0.4, -0.2) is 26.9 Å². The molecule has 3 aromatic rings. The van der Waals surface area contributed by atoms with Gasteiger partial charge in [-0.2, -0.15) is 17.7 Å². The van der Waals surface area contributed by atoms with Crippen molar-refractivity contribution < 1.29 is 17.6 Å². The third-order valence-corrected chi connectivity index (χ3v) is 3.60. The lowest BCUT2D eigenvalue weighted by atomic mass is 10.2. The molecule has 2 aromatic heterocycles. The summed E-state index contributed by atoms with van der Waals surface area (Å²) in [4.78, 5) is 1.57. The number of nitrogens with zero attached hydrogens (tertiary/aromatic N) is 5. The molecule has 3 rings (SSSR count). The molecule has 0 amide bonds. The van der Waals surface area contributed by atoms with E-state index in [9.17, 15) is 17.6 Å². The quantitative estimate of drug-likeness (QED) is 0.671. The molecule has 0 unspecified atom stereocenters. The molecule has 0 N–H and O–H groups in total. The van der Waals surface area contributed by atoms with E-state index in [0.29, 0.717) is 10.1 Å². The molecule has 0 saturated heterocycles. The number of rotatable bonds is 3. The van der Waals surface area contributed by atoms with Crippen molar-refractivity contribution >= 4 is 23.1 Å². The minimum atomic E-state index is -4.66. The van der Waals surface area contributed by atoms with Crippen molar-refractivity contribution in [1.29, 1.82) is 0 Å². The average molecular weight is 360 g/mol. The summed E-state index contributed by atoms with van der Waals surface area (Å²) in [6.07, 6.45) is -4.66. The fourth-order valence-corrected chi connectivity index (χ4v) is 2.27. The van der Waals surface area contributed by atoms with E-state index in [1.807, 2.05) is 0 Å². The SMILES string of the molecule is CN(Cc1ccc(Cl)c(F)c1)c1ccc2nnc(C(F)(F)F)n2n1. The maximum absolute atomic E-state index is 13.5. The van der Waals surface area contributed by atoms with Crippen LogP contribution in [0.15, 0.2) is 30.3 Å². The first-order valence-electron chi connectivity index (χ1n) is 6.70. The van der Waals surface area contributed by atoms with Gasteiger partial charge in [0, 0.05) is 13.6 Å². The van der Waals surface area contributed by atoms with Gasteiger partial charge in [0.25, 0.3) is 5.82 Å². The van der Waals surface area contributed by atoms with E-state index in [1.54, 1.807) is 18.0 Å². The van der Waals surface area contributed by atoms with Crippen LogP contribution < -0.4 is 4.90 Å². The highest BCUT2D eigenvalue weighted by Crippen LogP contribution is 2.28. The fourth-order valence-electron chi connectivity index (χ4n) is 2.15. The Morgan fingerprint density at radius 2 is 1.92 bits per heavy atom. The zero-order valence-electron chi connectivity index (χ0n) is 12.2. The monoisotopic (exact) mass is 359 g/mol. The first-order valence-corrected chi connectivity index (χ1v) is 7.08. The second-order valence-electron chi connectivity index (χ2n) is 5.09. The lowest BCUT2D eigenvalue weighted by molar-refractivity contribution is -0.146. The Hall–Kier alpha value is -2.42. The Morgan fingerprint density at radius 1 is 1.17 bits per heavy atom. The summed E-state index contributed by atoms with van der Waals surface area (Å²) < 4.78 is 52.8. The Balaban J connectivity index is 1.92. The van der Waals surface area contributed by atoms with Crippen LogP contribution in [0, 0.1) is 5.82 Å². The summed E-state index contributed by atoms with van der Waals surface area (Å²) in [6, 6.07) is 7.19. The van der Waals surface area contributed by atoms with Crippen LogP contribution in [0.1, 0.15) is 11.4 Å². The van der Waals surface area contributed by atoms with Crippen molar-refractivity contribution in [2.24, 2.45) is 0 Å². The van der Waals surface area contributed by atoms with Gasteiger partial charge in [0.15, 0.2) is 5.65 Å². The van der Waals surface area contributed by atoms with Gasteiger partial charge in [-0.15, -0.1) is 15.3 Å². The zero-order valence-corrected chi connectivity index (χ0v) is 13.0. The Morgan fingerprint density at radius 3 is 2.58 bits per heavy atom. The smallest absolute Gasteiger partial charge is 0.354 e. The highest BCUT2D eigenvalue weighted by molar-refractivity contribution is 6.30. The third-order valence-electron chi connectivity index (χ3n) is 3.30. The lowest BCUT2D eigenvalue weighted by Gasteiger charge is -2.18. The van der Waals surface area contributed by atoms with E-state index >= 15 is 0 Å². The molecular formula is C14H10ClF4N5. The van der Waals surface area contributed by atoms with Gasteiger partial charge in [0.2, 0.25) is 0 Å². The molecule has 0 bridgehead atoms. The molecule has 5 nitrogen and oxygen atoms in total. The van der Waals surface area contributed by atoms with E-state index in [-0.39, 0.29) is 23.0 Å². The highest BCUT2D eigenvalue weighted by atomic mass is 35.5. The fraction of sp³-hybridized carbons (Fsp3) is 0.214. The van der Waals surface area contributed by atoms with Gasteiger partial charge in [0.05, 0.1) is 5.02 Å². The van der Waals surface area contributed by atoms with Crippen molar-refractivity contribution in [1.82, 2.24) is 19.8 Å². The largest absolute Gasteiger partial charge is 0.453 e. The molecule has 24 heavy (non-hydrogen) atoms. The molecule has 0 saturated carbocycles. The van der Waals surface area contributed by atoms with Crippen molar-refractivity contribution in [3.8, 4) is 0 Å². The van der Waals surface area contributed by atoms with Crippen molar-refractivity contribution in [3.63, 3.8) is 0 Å². The number of fused-ring (bicyclic) bond motifs is 1. The number of benzene rings is 1. The van der Waals surface area contributed by atoms with Gasteiger partial charge in [0.1, 0.15) is 11.6 Å². The summed E-state index contributed by atoms with van der Waals surface area (Å²) >= 11 is 5.62. The topological polar surface area (TPSA) is 46.3 Å². The summed E-state index contributed by atoms with van der Waals surface area (Å²) in [5.41, 5.74) is 0.582. The molecule has 0 fully saturated rings. The van der Waals surface area contributed by atoms with Crippen LogP contribution >= 0.6 is 11.6 Å². The van der Waals surface area contributed by atoms with Crippen molar-refractivity contribution in [2.75, 3.05) is 11.9 Å². The predicted octanol–water partition coefficient (Wildman–Crippen LogP) is 3.57. The number of alkyl halides is 3. The molecule has 1 aromatic carbocycles. The number of aromatic nitrogens is 4. The van der Waals surface area contributed by atoms with E-state index in [0.717, 1.165) is 0 Å². The van der Waals surface area contributed by atoms with Crippen LogP contribution in [-0.2, 0) is 12.7 Å². The lowest BCUT2D eigenvalue weighted by Crippen LogP contribution is -2.20. The van der Waals surface area contributed by atoms with Gasteiger partial charge in [-0.05, 0) is 29.8 Å².